The third-order valence-corrected chi connectivity index (χ3v) is 4.64. The van der Waals surface area contributed by atoms with E-state index in [1.165, 1.54) is 17.7 Å². The summed E-state index contributed by atoms with van der Waals surface area (Å²) in [5.74, 6) is -0.195. The molecule has 6 nitrogen and oxygen atoms in total. The minimum Gasteiger partial charge on any atom is -0.325 e. The van der Waals surface area contributed by atoms with E-state index in [1.807, 2.05) is 18.2 Å². The Balaban J connectivity index is 1.66. The molecule has 1 heterocycles. The van der Waals surface area contributed by atoms with Crippen LogP contribution < -0.4 is 5.32 Å². The number of rotatable bonds is 5. The molecule has 0 bridgehead atoms. The van der Waals surface area contributed by atoms with E-state index in [2.05, 4.69) is 22.3 Å². The minimum atomic E-state index is -0.566. The predicted octanol–water partition coefficient (Wildman–Crippen LogP) is 4.02. The molecule has 2 aromatic carbocycles. The van der Waals surface area contributed by atoms with Crippen molar-refractivity contribution in [2.24, 2.45) is 0 Å². The zero-order valence-corrected chi connectivity index (χ0v) is 14.3. The summed E-state index contributed by atoms with van der Waals surface area (Å²) in [7, 11) is 0. The summed E-state index contributed by atoms with van der Waals surface area (Å²) in [6.07, 6.45) is 2.06. The van der Waals surface area contributed by atoms with Gasteiger partial charge in [0.05, 0.1) is 11.5 Å². The van der Waals surface area contributed by atoms with E-state index >= 15 is 0 Å². The lowest BCUT2D eigenvalue weighted by atomic mass is 10.0. The highest BCUT2D eigenvalue weighted by atomic mass is 35.5. The van der Waals surface area contributed by atoms with Gasteiger partial charge in [0.15, 0.2) is 0 Å². The van der Waals surface area contributed by atoms with E-state index in [9.17, 15) is 14.9 Å². The van der Waals surface area contributed by atoms with Gasteiger partial charge >= 0.3 is 0 Å². The second-order valence-corrected chi connectivity index (χ2v) is 6.42. The van der Waals surface area contributed by atoms with Crippen LogP contribution in [0.1, 0.15) is 24.4 Å². The highest BCUT2D eigenvalue weighted by Gasteiger charge is 2.27. The van der Waals surface area contributed by atoms with E-state index in [4.69, 9.17) is 11.6 Å². The summed E-state index contributed by atoms with van der Waals surface area (Å²) in [5.41, 5.74) is 1.36. The van der Waals surface area contributed by atoms with E-state index in [1.54, 1.807) is 6.07 Å². The number of nitrogens with zero attached hydrogens (tertiary/aromatic N) is 2. The van der Waals surface area contributed by atoms with Crippen molar-refractivity contribution in [3.63, 3.8) is 0 Å². The average Bonchev–Trinajstić information content (AvgIpc) is 3.05. The number of hydrogen-bond acceptors (Lipinski definition) is 4. The van der Waals surface area contributed by atoms with Gasteiger partial charge in [0, 0.05) is 17.8 Å². The highest BCUT2D eigenvalue weighted by Crippen LogP contribution is 2.31. The van der Waals surface area contributed by atoms with Crippen molar-refractivity contribution in [3.05, 3.63) is 69.2 Å². The minimum absolute atomic E-state index is 0.0479. The molecule has 0 aliphatic carbocycles. The van der Waals surface area contributed by atoms with Gasteiger partial charge in [-0.05, 0) is 37.1 Å². The molecule has 1 fully saturated rings. The summed E-state index contributed by atoms with van der Waals surface area (Å²) in [5, 5.41) is 13.7. The Morgan fingerprint density at radius 3 is 2.76 bits per heavy atom. The largest absolute Gasteiger partial charge is 0.325 e. The first kappa shape index (κ1) is 17.4. The van der Waals surface area contributed by atoms with Gasteiger partial charge in [-0.2, -0.15) is 0 Å². The first-order chi connectivity index (χ1) is 12.0. The highest BCUT2D eigenvalue weighted by molar-refractivity contribution is 6.32. The molecule has 1 unspecified atom stereocenters. The van der Waals surface area contributed by atoms with Crippen LogP contribution in [0, 0.1) is 10.1 Å². The van der Waals surface area contributed by atoms with Crippen LogP contribution >= 0.6 is 11.6 Å². The molecule has 1 atom stereocenters. The fourth-order valence-electron chi connectivity index (χ4n) is 3.18. The summed E-state index contributed by atoms with van der Waals surface area (Å²) in [4.78, 5) is 24.9. The molecule has 1 amide bonds. The molecule has 3 rings (SSSR count). The second kappa shape index (κ2) is 7.63. The lowest BCUT2D eigenvalue weighted by Gasteiger charge is -2.24. The second-order valence-electron chi connectivity index (χ2n) is 6.01. The number of hydrogen-bond donors (Lipinski definition) is 1. The number of benzene rings is 2. The Bertz CT molecular complexity index is 782. The first-order valence-electron chi connectivity index (χ1n) is 8.07. The Hall–Kier alpha value is -2.44. The van der Waals surface area contributed by atoms with Crippen molar-refractivity contribution in [2.75, 3.05) is 18.4 Å². The fourth-order valence-corrected chi connectivity index (χ4v) is 3.37. The third kappa shape index (κ3) is 4.15. The number of carbonyl (C=O) groups is 1. The van der Waals surface area contributed by atoms with Crippen molar-refractivity contribution in [3.8, 4) is 0 Å². The lowest BCUT2D eigenvalue weighted by Crippen LogP contribution is -2.32. The van der Waals surface area contributed by atoms with Crippen LogP contribution in [0.3, 0.4) is 0 Å². The molecular formula is C18H18ClN3O3. The number of nitro groups is 1. The number of amides is 1. The van der Waals surface area contributed by atoms with Crippen LogP contribution in [-0.4, -0.2) is 28.8 Å². The maximum absolute atomic E-state index is 12.4. The summed E-state index contributed by atoms with van der Waals surface area (Å²) >= 11 is 5.79. The van der Waals surface area contributed by atoms with Crippen LogP contribution in [-0.2, 0) is 4.79 Å². The van der Waals surface area contributed by atoms with Gasteiger partial charge in [-0.25, -0.2) is 0 Å². The number of anilines is 1. The molecular weight excluding hydrogens is 342 g/mol. The van der Waals surface area contributed by atoms with E-state index < -0.39 is 4.92 Å². The molecule has 0 radical (unpaired) electrons. The predicted molar refractivity (Wildman–Crippen MR) is 96.7 cm³/mol. The van der Waals surface area contributed by atoms with E-state index in [0.29, 0.717) is 5.69 Å². The van der Waals surface area contributed by atoms with Crippen molar-refractivity contribution < 1.29 is 9.72 Å². The maximum Gasteiger partial charge on any atom is 0.289 e. The van der Waals surface area contributed by atoms with Gasteiger partial charge in [-0.3, -0.25) is 19.8 Å². The van der Waals surface area contributed by atoms with Crippen molar-refractivity contribution in [1.29, 1.82) is 0 Å². The fraction of sp³-hybridized carbons (Fsp3) is 0.278. The van der Waals surface area contributed by atoms with Gasteiger partial charge in [0.1, 0.15) is 5.02 Å². The van der Waals surface area contributed by atoms with E-state index in [-0.39, 0.29) is 29.2 Å². The van der Waals surface area contributed by atoms with Crippen LogP contribution in [0.2, 0.25) is 5.02 Å². The molecule has 1 saturated heterocycles. The first-order valence-corrected chi connectivity index (χ1v) is 8.45. The lowest BCUT2D eigenvalue weighted by molar-refractivity contribution is -0.384. The summed E-state index contributed by atoms with van der Waals surface area (Å²) in [6.45, 7) is 1.10. The maximum atomic E-state index is 12.4. The molecule has 25 heavy (non-hydrogen) atoms. The molecule has 0 saturated carbocycles. The number of nitrogens with one attached hydrogen (secondary N) is 1. The van der Waals surface area contributed by atoms with Crippen LogP contribution in [0.15, 0.2) is 48.5 Å². The van der Waals surface area contributed by atoms with Crippen molar-refractivity contribution in [2.45, 2.75) is 18.9 Å². The quantitative estimate of drug-likeness (QED) is 0.646. The van der Waals surface area contributed by atoms with Gasteiger partial charge < -0.3 is 5.32 Å². The van der Waals surface area contributed by atoms with Gasteiger partial charge in [0.2, 0.25) is 5.91 Å². The molecule has 2 aromatic rings. The molecule has 0 spiro atoms. The Morgan fingerprint density at radius 2 is 2.04 bits per heavy atom. The molecule has 0 aromatic heterocycles. The number of likely N-dealkylation sites (tertiary alicyclic amines) is 1. The number of halogens is 1. The van der Waals surface area contributed by atoms with Crippen molar-refractivity contribution in [1.82, 2.24) is 4.90 Å². The smallest absolute Gasteiger partial charge is 0.289 e. The third-order valence-electron chi connectivity index (χ3n) is 4.32. The SMILES string of the molecule is O=C(CN1CCCC1c1ccccc1)Nc1ccc(Cl)c([N+](=O)[O-])c1. The standard InChI is InChI=1S/C18H18ClN3O3/c19-15-9-8-14(11-17(15)22(24)25)20-18(23)12-21-10-4-7-16(21)13-5-2-1-3-6-13/h1-3,5-6,8-9,11,16H,4,7,10,12H2,(H,20,23). The van der Waals surface area contributed by atoms with Crippen LogP contribution in [0.4, 0.5) is 11.4 Å². The topological polar surface area (TPSA) is 75.5 Å². The summed E-state index contributed by atoms with van der Waals surface area (Å²) < 4.78 is 0. The van der Waals surface area contributed by atoms with Crippen molar-refractivity contribution >= 4 is 28.9 Å². The molecule has 130 valence electrons. The molecule has 1 N–H and O–H groups in total. The Kier molecular flexibility index (Phi) is 5.31. The summed E-state index contributed by atoms with van der Waals surface area (Å²) in [6, 6.07) is 14.6. The number of carbonyl (C=O) groups excluding carboxylic acids is 1. The molecule has 1 aliphatic rings. The Labute approximate surface area is 150 Å². The monoisotopic (exact) mass is 359 g/mol. The zero-order chi connectivity index (χ0) is 17.8. The van der Waals surface area contributed by atoms with E-state index in [0.717, 1.165) is 19.4 Å². The molecule has 1 aliphatic heterocycles. The Morgan fingerprint density at radius 1 is 1.28 bits per heavy atom. The van der Waals surface area contributed by atoms with Gasteiger partial charge in [0.25, 0.3) is 5.69 Å². The number of nitro benzene ring substituents is 1. The average molecular weight is 360 g/mol. The van der Waals surface area contributed by atoms with Crippen LogP contribution in [0.25, 0.3) is 0 Å². The normalized spacial score (nSPS) is 17.4. The van der Waals surface area contributed by atoms with Crippen LogP contribution in [0.5, 0.6) is 0 Å². The van der Waals surface area contributed by atoms with Gasteiger partial charge in [-0.15, -0.1) is 0 Å². The molecule has 7 heteroatoms. The zero-order valence-electron chi connectivity index (χ0n) is 13.5. The van der Waals surface area contributed by atoms with Gasteiger partial charge in [-0.1, -0.05) is 41.9 Å².